The minimum absolute atomic E-state index is 0.0308. The van der Waals surface area contributed by atoms with Gasteiger partial charge >= 0.3 is 12.1 Å². The number of fused-ring (bicyclic) bond motifs is 3. The molecule has 0 fully saturated rings. The van der Waals surface area contributed by atoms with Gasteiger partial charge in [-0.3, -0.25) is 4.79 Å². The van der Waals surface area contributed by atoms with Crippen LogP contribution in [-0.4, -0.2) is 66.8 Å². The Morgan fingerprint density at radius 2 is 1.59 bits per heavy atom. The third kappa shape index (κ3) is 6.35. The van der Waals surface area contributed by atoms with E-state index >= 15 is 0 Å². The summed E-state index contributed by atoms with van der Waals surface area (Å²) >= 11 is 0. The summed E-state index contributed by atoms with van der Waals surface area (Å²) in [7, 11) is 3.48. The van der Waals surface area contributed by atoms with E-state index in [1.54, 1.807) is 32.8 Å². The number of hydrogen-bond acceptors (Lipinski definition) is 5. The minimum Gasteiger partial charge on any atom is -0.480 e. The number of carbonyl (C=O) groups excluding carboxylic acids is 2. The molecule has 0 bridgehead atoms. The third-order valence-electron chi connectivity index (χ3n) is 5.94. The standard InChI is InChI=1S/C26H33N3O5/c1-26(2,14-13-23(30)27-22(24(31)32)15-29(3)4)28-25(33)34-16-21-19-11-7-5-9-17(19)18-10-6-8-12-20(18)21/h5-12,21-22H,13-16H2,1-4H3,(H,27,30)(H,28,33)(H,31,32)/t22-/m0/s1. The molecule has 0 aliphatic heterocycles. The van der Waals surface area contributed by atoms with E-state index in [9.17, 15) is 19.5 Å². The molecule has 0 unspecified atom stereocenters. The van der Waals surface area contributed by atoms with Gasteiger partial charge in [-0.1, -0.05) is 48.5 Å². The normalized spacial score (nSPS) is 13.7. The molecule has 0 saturated heterocycles. The lowest BCUT2D eigenvalue weighted by atomic mass is 9.98. The van der Waals surface area contributed by atoms with E-state index < -0.39 is 23.6 Å². The van der Waals surface area contributed by atoms with Gasteiger partial charge < -0.3 is 25.4 Å². The second kappa shape index (κ2) is 10.7. The number of nitrogens with zero attached hydrogens (tertiary/aromatic N) is 1. The molecule has 1 aliphatic carbocycles. The molecule has 0 radical (unpaired) electrons. The monoisotopic (exact) mass is 467 g/mol. The molecule has 0 saturated carbocycles. The highest BCUT2D eigenvalue weighted by Gasteiger charge is 2.30. The molecule has 34 heavy (non-hydrogen) atoms. The number of benzene rings is 2. The maximum Gasteiger partial charge on any atom is 0.407 e. The van der Waals surface area contributed by atoms with Crippen molar-refractivity contribution < 1.29 is 24.2 Å². The van der Waals surface area contributed by atoms with E-state index in [1.165, 1.54) is 0 Å². The average Bonchev–Trinajstić information content (AvgIpc) is 3.09. The number of ether oxygens (including phenoxy) is 1. The first-order chi connectivity index (χ1) is 16.1. The molecule has 3 rings (SSSR count). The number of likely N-dealkylation sites (N-methyl/N-ethyl adjacent to an activating group) is 1. The Morgan fingerprint density at radius 1 is 1.03 bits per heavy atom. The number of nitrogens with one attached hydrogen (secondary N) is 2. The molecule has 2 aromatic rings. The maximum atomic E-state index is 12.6. The minimum atomic E-state index is -1.09. The summed E-state index contributed by atoms with van der Waals surface area (Å²) in [6.45, 7) is 4.01. The van der Waals surface area contributed by atoms with E-state index in [4.69, 9.17) is 4.74 Å². The summed E-state index contributed by atoms with van der Waals surface area (Å²) in [6.07, 6.45) is -0.145. The van der Waals surface area contributed by atoms with Gasteiger partial charge in [-0.15, -0.1) is 0 Å². The molecular formula is C26H33N3O5. The Morgan fingerprint density at radius 3 is 2.12 bits per heavy atom. The first kappa shape index (κ1) is 25.2. The van der Waals surface area contributed by atoms with Gasteiger partial charge in [0, 0.05) is 24.4 Å². The Labute approximate surface area is 200 Å². The van der Waals surface area contributed by atoms with Crippen molar-refractivity contribution in [2.45, 2.75) is 44.2 Å². The van der Waals surface area contributed by atoms with Crippen molar-refractivity contribution in [1.82, 2.24) is 15.5 Å². The summed E-state index contributed by atoms with van der Waals surface area (Å²) in [5.41, 5.74) is 3.89. The molecule has 182 valence electrons. The van der Waals surface area contributed by atoms with Crippen LogP contribution in [0.3, 0.4) is 0 Å². The van der Waals surface area contributed by atoms with Gasteiger partial charge in [0.15, 0.2) is 0 Å². The molecule has 0 heterocycles. The molecule has 8 nitrogen and oxygen atoms in total. The number of hydrogen-bond donors (Lipinski definition) is 3. The van der Waals surface area contributed by atoms with Gasteiger partial charge in [0.2, 0.25) is 5.91 Å². The van der Waals surface area contributed by atoms with Gasteiger partial charge in [0.1, 0.15) is 12.6 Å². The summed E-state index contributed by atoms with van der Waals surface area (Å²) < 4.78 is 5.59. The van der Waals surface area contributed by atoms with Crippen LogP contribution >= 0.6 is 0 Å². The lowest BCUT2D eigenvalue weighted by Crippen LogP contribution is -2.48. The summed E-state index contributed by atoms with van der Waals surface area (Å²) in [5, 5.41) is 14.6. The topological polar surface area (TPSA) is 108 Å². The van der Waals surface area contributed by atoms with E-state index in [1.807, 2.05) is 24.3 Å². The van der Waals surface area contributed by atoms with Crippen LogP contribution in [0.15, 0.2) is 48.5 Å². The molecule has 1 atom stereocenters. The van der Waals surface area contributed by atoms with Crippen LogP contribution in [0.4, 0.5) is 4.79 Å². The Hall–Kier alpha value is -3.39. The van der Waals surface area contributed by atoms with Crippen molar-refractivity contribution in [3.8, 4) is 11.1 Å². The molecule has 0 spiro atoms. The van der Waals surface area contributed by atoms with E-state index in [-0.39, 0.29) is 31.4 Å². The fraction of sp³-hybridized carbons (Fsp3) is 0.423. The van der Waals surface area contributed by atoms with Crippen LogP contribution < -0.4 is 10.6 Å². The second-order valence-electron chi connectivity index (χ2n) is 9.56. The smallest absolute Gasteiger partial charge is 0.407 e. The fourth-order valence-corrected chi connectivity index (χ4v) is 4.22. The fourth-order valence-electron chi connectivity index (χ4n) is 4.22. The third-order valence-corrected chi connectivity index (χ3v) is 5.94. The van der Waals surface area contributed by atoms with Crippen molar-refractivity contribution in [2.75, 3.05) is 27.2 Å². The van der Waals surface area contributed by atoms with E-state index in [2.05, 4.69) is 34.9 Å². The SMILES string of the molecule is CN(C)C[C@H](NC(=O)CCC(C)(C)NC(=O)OCC1c2ccccc2-c2ccccc21)C(=O)O. The highest BCUT2D eigenvalue weighted by molar-refractivity contribution is 5.84. The molecule has 8 heteroatoms. The first-order valence-corrected chi connectivity index (χ1v) is 11.4. The Kier molecular flexibility index (Phi) is 7.94. The van der Waals surface area contributed by atoms with Crippen LogP contribution in [0.25, 0.3) is 11.1 Å². The number of carbonyl (C=O) groups is 3. The van der Waals surface area contributed by atoms with Gasteiger partial charge in [-0.25, -0.2) is 9.59 Å². The van der Waals surface area contributed by atoms with Crippen LogP contribution in [0, 0.1) is 0 Å². The zero-order valence-electron chi connectivity index (χ0n) is 20.1. The molecule has 2 aromatic carbocycles. The lowest BCUT2D eigenvalue weighted by molar-refractivity contribution is -0.142. The van der Waals surface area contributed by atoms with Crippen molar-refractivity contribution in [3.05, 3.63) is 59.7 Å². The zero-order chi connectivity index (χ0) is 24.9. The summed E-state index contributed by atoms with van der Waals surface area (Å²) in [6, 6.07) is 15.3. The summed E-state index contributed by atoms with van der Waals surface area (Å²) in [5.74, 6) is -1.49. The number of aliphatic carboxylic acids is 1. The number of carboxylic acids is 1. The molecule has 2 amide bonds. The molecular weight excluding hydrogens is 434 g/mol. The number of rotatable bonds is 10. The maximum absolute atomic E-state index is 12.6. The van der Waals surface area contributed by atoms with E-state index in [0.717, 1.165) is 22.3 Å². The van der Waals surface area contributed by atoms with Crippen LogP contribution in [0.2, 0.25) is 0 Å². The van der Waals surface area contributed by atoms with Crippen LogP contribution in [-0.2, 0) is 14.3 Å². The van der Waals surface area contributed by atoms with E-state index in [0.29, 0.717) is 6.42 Å². The van der Waals surface area contributed by atoms with Crippen molar-refractivity contribution >= 4 is 18.0 Å². The number of carboxylic acid groups (broad SMARTS) is 1. The predicted molar refractivity (Wildman–Crippen MR) is 130 cm³/mol. The highest BCUT2D eigenvalue weighted by Crippen LogP contribution is 2.44. The average molecular weight is 468 g/mol. The van der Waals surface area contributed by atoms with Crippen molar-refractivity contribution in [1.29, 1.82) is 0 Å². The van der Waals surface area contributed by atoms with Gasteiger partial charge in [0.05, 0.1) is 0 Å². The van der Waals surface area contributed by atoms with Crippen molar-refractivity contribution in [3.63, 3.8) is 0 Å². The van der Waals surface area contributed by atoms with Crippen LogP contribution in [0.5, 0.6) is 0 Å². The predicted octanol–water partition coefficient (Wildman–Crippen LogP) is 3.21. The second-order valence-corrected chi connectivity index (χ2v) is 9.56. The first-order valence-electron chi connectivity index (χ1n) is 11.4. The molecule has 1 aliphatic rings. The quantitative estimate of drug-likeness (QED) is 0.495. The molecule has 3 N–H and O–H groups in total. The zero-order valence-corrected chi connectivity index (χ0v) is 20.1. The van der Waals surface area contributed by atoms with Gasteiger partial charge in [-0.2, -0.15) is 0 Å². The largest absolute Gasteiger partial charge is 0.480 e. The molecule has 0 aromatic heterocycles. The Balaban J connectivity index is 1.52. The van der Waals surface area contributed by atoms with Gasteiger partial charge in [-0.05, 0) is 56.6 Å². The number of amides is 2. The number of alkyl carbamates (subject to hydrolysis) is 1. The van der Waals surface area contributed by atoms with Crippen LogP contribution in [0.1, 0.15) is 43.7 Å². The lowest BCUT2D eigenvalue weighted by Gasteiger charge is -2.26. The summed E-state index contributed by atoms with van der Waals surface area (Å²) in [4.78, 5) is 37.9. The highest BCUT2D eigenvalue weighted by atomic mass is 16.5. The van der Waals surface area contributed by atoms with Crippen molar-refractivity contribution in [2.24, 2.45) is 0 Å². The van der Waals surface area contributed by atoms with Gasteiger partial charge in [0.25, 0.3) is 0 Å². The Bertz CT molecular complexity index is 1000.